The van der Waals surface area contributed by atoms with E-state index in [9.17, 15) is 9.90 Å². The van der Waals surface area contributed by atoms with Crippen LogP contribution in [0.2, 0.25) is 0 Å². The fourth-order valence-corrected chi connectivity index (χ4v) is 2.61. The lowest BCUT2D eigenvalue weighted by molar-refractivity contribution is -0.138. The first kappa shape index (κ1) is 15.6. The summed E-state index contributed by atoms with van der Waals surface area (Å²) < 4.78 is 6.10. The normalized spacial score (nSPS) is 12.0. The average molecular weight is 349 g/mol. The van der Waals surface area contributed by atoms with Gasteiger partial charge in [-0.15, -0.1) is 0 Å². The van der Waals surface area contributed by atoms with Crippen molar-refractivity contribution in [1.82, 2.24) is 0 Å². The highest BCUT2D eigenvalue weighted by Crippen LogP contribution is 2.29. The molecule has 0 aromatic heterocycles. The Balaban J connectivity index is 2.32. The summed E-state index contributed by atoms with van der Waals surface area (Å²) in [5, 5.41) is 9.53. The van der Waals surface area contributed by atoms with E-state index in [0.29, 0.717) is 6.42 Å². The summed E-state index contributed by atoms with van der Waals surface area (Å²) in [6.07, 6.45) is 0.413. The summed E-state index contributed by atoms with van der Waals surface area (Å²) in [4.78, 5) is 11.6. The molecule has 0 bridgehead atoms. The van der Waals surface area contributed by atoms with Gasteiger partial charge in [-0.1, -0.05) is 45.8 Å². The lowest BCUT2D eigenvalue weighted by Crippen LogP contribution is -2.14. The molecule has 1 atom stereocenters. The van der Waals surface area contributed by atoms with Crippen molar-refractivity contribution < 1.29 is 14.6 Å². The van der Waals surface area contributed by atoms with Crippen molar-refractivity contribution in [2.45, 2.75) is 19.3 Å². The van der Waals surface area contributed by atoms with E-state index >= 15 is 0 Å². The first-order chi connectivity index (χ1) is 10.0. The standard InChI is InChI=1S/C17H17BrO3/c1-11-3-5-12(6-4-11)15(17(19)20)10-13-9-14(21-2)7-8-16(13)18/h3-9,15H,10H2,1-2H3,(H,19,20). The van der Waals surface area contributed by atoms with Crippen molar-refractivity contribution in [3.8, 4) is 5.75 Å². The van der Waals surface area contributed by atoms with Crippen LogP contribution in [0.4, 0.5) is 0 Å². The molecular weight excluding hydrogens is 332 g/mol. The van der Waals surface area contributed by atoms with Crippen molar-refractivity contribution in [1.29, 1.82) is 0 Å². The van der Waals surface area contributed by atoms with Crippen LogP contribution in [0.15, 0.2) is 46.9 Å². The minimum absolute atomic E-state index is 0.413. The maximum absolute atomic E-state index is 11.6. The smallest absolute Gasteiger partial charge is 0.311 e. The highest BCUT2D eigenvalue weighted by Gasteiger charge is 2.21. The van der Waals surface area contributed by atoms with Crippen LogP contribution in [0.3, 0.4) is 0 Å². The number of benzene rings is 2. The van der Waals surface area contributed by atoms with Gasteiger partial charge in [-0.3, -0.25) is 4.79 Å². The average Bonchev–Trinajstić information content (AvgIpc) is 2.47. The van der Waals surface area contributed by atoms with Crippen LogP contribution in [-0.4, -0.2) is 18.2 Å². The zero-order valence-corrected chi connectivity index (χ0v) is 13.6. The van der Waals surface area contributed by atoms with E-state index in [1.54, 1.807) is 7.11 Å². The molecule has 0 aliphatic carbocycles. The summed E-state index contributed by atoms with van der Waals surface area (Å²) in [6.45, 7) is 1.98. The Bertz CT molecular complexity index is 635. The molecule has 0 spiro atoms. The van der Waals surface area contributed by atoms with Gasteiger partial charge in [0.15, 0.2) is 0 Å². The fourth-order valence-electron chi connectivity index (χ4n) is 2.20. The Morgan fingerprint density at radius 3 is 2.48 bits per heavy atom. The highest BCUT2D eigenvalue weighted by molar-refractivity contribution is 9.10. The van der Waals surface area contributed by atoms with E-state index in [2.05, 4.69) is 15.9 Å². The molecule has 2 aromatic carbocycles. The van der Waals surface area contributed by atoms with Gasteiger partial charge in [0.25, 0.3) is 0 Å². The number of hydrogen-bond acceptors (Lipinski definition) is 2. The molecule has 0 radical (unpaired) electrons. The van der Waals surface area contributed by atoms with Gasteiger partial charge in [-0.05, 0) is 42.7 Å². The number of hydrogen-bond donors (Lipinski definition) is 1. The third-order valence-electron chi connectivity index (χ3n) is 3.45. The van der Waals surface area contributed by atoms with Crippen LogP contribution in [0.5, 0.6) is 5.75 Å². The molecule has 0 amide bonds. The second-order valence-corrected chi connectivity index (χ2v) is 5.82. The van der Waals surface area contributed by atoms with Crippen molar-refractivity contribution in [3.63, 3.8) is 0 Å². The number of aliphatic carboxylic acids is 1. The van der Waals surface area contributed by atoms with Crippen LogP contribution < -0.4 is 4.74 Å². The number of ether oxygens (including phenoxy) is 1. The zero-order chi connectivity index (χ0) is 15.4. The molecule has 0 heterocycles. The van der Waals surface area contributed by atoms with Crippen LogP contribution in [0.25, 0.3) is 0 Å². The van der Waals surface area contributed by atoms with E-state index in [4.69, 9.17) is 4.74 Å². The molecule has 1 unspecified atom stereocenters. The van der Waals surface area contributed by atoms with E-state index in [1.807, 2.05) is 49.4 Å². The number of halogens is 1. The third-order valence-corrected chi connectivity index (χ3v) is 4.23. The Labute approximate surface area is 132 Å². The molecular formula is C17H17BrO3. The molecule has 4 heteroatoms. The number of methoxy groups -OCH3 is 1. The van der Waals surface area contributed by atoms with Gasteiger partial charge >= 0.3 is 5.97 Å². The quantitative estimate of drug-likeness (QED) is 0.881. The minimum Gasteiger partial charge on any atom is -0.497 e. The molecule has 3 nitrogen and oxygen atoms in total. The first-order valence-corrected chi connectivity index (χ1v) is 7.42. The Hall–Kier alpha value is -1.81. The largest absolute Gasteiger partial charge is 0.497 e. The van der Waals surface area contributed by atoms with Crippen LogP contribution in [-0.2, 0) is 11.2 Å². The van der Waals surface area contributed by atoms with Crippen molar-refractivity contribution in [2.24, 2.45) is 0 Å². The lowest BCUT2D eigenvalue weighted by atomic mass is 9.91. The van der Waals surface area contributed by atoms with Crippen molar-refractivity contribution in [3.05, 3.63) is 63.6 Å². The van der Waals surface area contributed by atoms with E-state index in [1.165, 1.54) is 0 Å². The molecule has 2 rings (SSSR count). The molecule has 2 aromatic rings. The number of carboxylic acids is 1. The van der Waals surface area contributed by atoms with Crippen molar-refractivity contribution >= 4 is 21.9 Å². The predicted octanol–water partition coefficient (Wildman–Crippen LogP) is 4.18. The van der Waals surface area contributed by atoms with Gasteiger partial charge < -0.3 is 9.84 Å². The SMILES string of the molecule is COc1ccc(Br)c(CC(C(=O)O)c2ccc(C)cc2)c1. The van der Waals surface area contributed by atoms with E-state index < -0.39 is 11.9 Å². The van der Waals surface area contributed by atoms with Gasteiger partial charge in [0, 0.05) is 4.47 Å². The van der Waals surface area contributed by atoms with Gasteiger partial charge in [0.2, 0.25) is 0 Å². The maximum Gasteiger partial charge on any atom is 0.311 e. The van der Waals surface area contributed by atoms with Gasteiger partial charge in [-0.2, -0.15) is 0 Å². The summed E-state index contributed by atoms with van der Waals surface area (Å²) >= 11 is 3.47. The molecule has 0 aliphatic heterocycles. The maximum atomic E-state index is 11.6. The van der Waals surface area contributed by atoms with E-state index in [-0.39, 0.29) is 0 Å². The second kappa shape index (κ2) is 6.76. The monoisotopic (exact) mass is 348 g/mol. The number of carboxylic acid groups (broad SMARTS) is 1. The van der Waals surface area contributed by atoms with Crippen LogP contribution >= 0.6 is 15.9 Å². The van der Waals surface area contributed by atoms with Crippen molar-refractivity contribution in [2.75, 3.05) is 7.11 Å². The highest BCUT2D eigenvalue weighted by atomic mass is 79.9. The number of rotatable bonds is 5. The summed E-state index contributed by atoms with van der Waals surface area (Å²) in [5.74, 6) is -0.677. The molecule has 0 saturated carbocycles. The number of carbonyl (C=O) groups is 1. The Morgan fingerprint density at radius 1 is 1.24 bits per heavy atom. The minimum atomic E-state index is -0.825. The van der Waals surface area contributed by atoms with Gasteiger partial charge in [0.1, 0.15) is 5.75 Å². The van der Waals surface area contributed by atoms with Crippen LogP contribution in [0, 0.1) is 6.92 Å². The molecule has 0 fully saturated rings. The third kappa shape index (κ3) is 3.85. The fraction of sp³-hybridized carbons (Fsp3) is 0.235. The second-order valence-electron chi connectivity index (χ2n) is 4.96. The Kier molecular flexibility index (Phi) is 5.02. The first-order valence-electron chi connectivity index (χ1n) is 6.63. The van der Waals surface area contributed by atoms with Gasteiger partial charge in [0.05, 0.1) is 13.0 Å². The molecule has 0 saturated heterocycles. The molecule has 110 valence electrons. The summed E-state index contributed by atoms with van der Waals surface area (Å²) in [7, 11) is 1.60. The van der Waals surface area contributed by atoms with Crippen LogP contribution in [0.1, 0.15) is 22.6 Å². The zero-order valence-electron chi connectivity index (χ0n) is 12.0. The summed E-state index contributed by atoms with van der Waals surface area (Å²) in [5.41, 5.74) is 2.84. The van der Waals surface area contributed by atoms with E-state index in [0.717, 1.165) is 26.9 Å². The molecule has 21 heavy (non-hydrogen) atoms. The topological polar surface area (TPSA) is 46.5 Å². The number of aryl methyl sites for hydroxylation is 1. The Morgan fingerprint density at radius 2 is 1.90 bits per heavy atom. The lowest BCUT2D eigenvalue weighted by Gasteiger charge is -2.15. The predicted molar refractivity (Wildman–Crippen MR) is 86.0 cm³/mol. The van der Waals surface area contributed by atoms with Gasteiger partial charge in [-0.25, -0.2) is 0 Å². The molecule has 1 N–H and O–H groups in total. The molecule has 0 aliphatic rings. The summed E-state index contributed by atoms with van der Waals surface area (Å²) in [6, 6.07) is 13.2.